The highest BCUT2D eigenvalue weighted by atomic mass is 35.5. The third-order valence-electron chi connectivity index (χ3n) is 5.31. The zero-order valence-electron chi connectivity index (χ0n) is 19.2. The molecule has 1 atom stereocenters. The number of ether oxygens (including phenoxy) is 2. The number of nitriles is 1. The lowest BCUT2D eigenvalue weighted by molar-refractivity contribution is 0.0526. The minimum Gasteiger partial charge on any atom is -0.462 e. The molecule has 1 aliphatic carbocycles. The van der Waals surface area contributed by atoms with Crippen molar-refractivity contribution in [1.82, 2.24) is 0 Å². The highest BCUT2D eigenvalue weighted by Crippen LogP contribution is 2.47. The van der Waals surface area contributed by atoms with Crippen molar-refractivity contribution >= 4 is 45.8 Å². The first kappa shape index (κ1) is 24.7. The fraction of sp³-hybridized carbons (Fsp3) is 0.417. The largest absolute Gasteiger partial charge is 0.462 e. The van der Waals surface area contributed by atoms with Crippen molar-refractivity contribution in [2.24, 2.45) is 0 Å². The maximum Gasteiger partial charge on any atom is 0.415 e. The number of benzene rings is 1. The van der Waals surface area contributed by atoms with Gasteiger partial charge in [-0.3, -0.25) is 9.69 Å². The van der Waals surface area contributed by atoms with Crippen LogP contribution in [0.15, 0.2) is 24.3 Å². The number of carbonyl (C=O) groups is 3. The molecule has 0 fully saturated rings. The minimum atomic E-state index is -1.48. The molecule has 9 heteroatoms. The van der Waals surface area contributed by atoms with Crippen LogP contribution < -0.4 is 4.90 Å². The summed E-state index contributed by atoms with van der Waals surface area (Å²) in [4.78, 5) is 40.8. The van der Waals surface area contributed by atoms with Crippen LogP contribution in [-0.2, 0) is 21.3 Å². The molecule has 174 valence electrons. The van der Waals surface area contributed by atoms with Gasteiger partial charge in [-0.15, -0.1) is 11.3 Å². The molecule has 1 heterocycles. The van der Waals surface area contributed by atoms with Gasteiger partial charge in [-0.05, 0) is 57.7 Å². The first-order chi connectivity index (χ1) is 15.5. The number of hydrogen-bond acceptors (Lipinski definition) is 7. The van der Waals surface area contributed by atoms with Crippen LogP contribution in [0, 0.1) is 11.3 Å². The molecule has 33 heavy (non-hydrogen) atoms. The molecule has 1 aromatic heterocycles. The SMILES string of the molecule is CCOC(=O)c1c(N(C)C(=O)OC(C)(C)C)sc2c1CCC(C#N)(c1ccccc1Cl)C2=O. The van der Waals surface area contributed by atoms with E-state index in [2.05, 4.69) is 6.07 Å². The van der Waals surface area contributed by atoms with E-state index in [4.69, 9.17) is 21.1 Å². The van der Waals surface area contributed by atoms with E-state index in [0.29, 0.717) is 16.1 Å². The summed E-state index contributed by atoms with van der Waals surface area (Å²) in [5.74, 6) is -1.07. The summed E-state index contributed by atoms with van der Waals surface area (Å²) >= 11 is 7.34. The molecule has 0 saturated carbocycles. The normalized spacial score (nSPS) is 17.7. The number of Topliss-reactive ketones (excluding diaryl/α,β-unsaturated/α-hetero) is 1. The minimum absolute atomic E-state index is 0.134. The maximum absolute atomic E-state index is 13.7. The number of rotatable bonds is 4. The third kappa shape index (κ3) is 4.48. The van der Waals surface area contributed by atoms with E-state index in [1.807, 2.05) is 0 Å². The average molecular weight is 489 g/mol. The van der Waals surface area contributed by atoms with Crippen LogP contribution in [0.4, 0.5) is 9.80 Å². The van der Waals surface area contributed by atoms with Gasteiger partial charge >= 0.3 is 12.1 Å². The fourth-order valence-electron chi connectivity index (χ4n) is 3.79. The second-order valence-electron chi connectivity index (χ2n) is 8.68. The van der Waals surface area contributed by atoms with Crippen LogP contribution in [-0.4, -0.2) is 37.1 Å². The van der Waals surface area contributed by atoms with Crippen molar-refractivity contribution in [3.8, 4) is 6.07 Å². The smallest absolute Gasteiger partial charge is 0.415 e. The van der Waals surface area contributed by atoms with Crippen LogP contribution in [0.25, 0.3) is 0 Å². The van der Waals surface area contributed by atoms with Crippen molar-refractivity contribution < 1.29 is 23.9 Å². The Morgan fingerprint density at radius 1 is 1.30 bits per heavy atom. The van der Waals surface area contributed by atoms with Gasteiger partial charge < -0.3 is 9.47 Å². The van der Waals surface area contributed by atoms with Crippen molar-refractivity contribution in [3.05, 3.63) is 50.9 Å². The van der Waals surface area contributed by atoms with Gasteiger partial charge in [-0.25, -0.2) is 9.59 Å². The van der Waals surface area contributed by atoms with Crippen molar-refractivity contribution in [2.45, 2.75) is 51.6 Å². The first-order valence-electron chi connectivity index (χ1n) is 10.5. The zero-order valence-corrected chi connectivity index (χ0v) is 20.7. The number of halogens is 1. The quantitative estimate of drug-likeness (QED) is 0.524. The molecule has 0 saturated heterocycles. The number of fused-ring (bicyclic) bond motifs is 1. The molecule has 0 spiro atoms. The molecule has 1 unspecified atom stereocenters. The lowest BCUT2D eigenvalue weighted by atomic mass is 9.69. The van der Waals surface area contributed by atoms with E-state index in [1.54, 1.807) is 52.0 Å². The van der Waals surface area contributed by atoms with E-state index < -0.39 is 28.9 Å². The van der Waals surface area contributed by atoms with Crippen LogP contribution >= 0.6 is 22.9 Å². The Hall–Kier alpha value is -2.89. The molecule has 0 N–H and O–H groups in total. The lowest BCUT2D eigenvalue weighted by Crippen LogP contribution is -2.38. The summed E-state index contributed by atoms with van der Waals surface area (Å²) in [5, 5.41) is 10.7. The van der Waals surface area contributed by atoms with Crippen LogP contribution in [0.2, 0.25) is 5.02 Å². The molecule has 1 amide bonds. The second kappa shape index (κ2) is 9.16. The molecular formula is C24H25ClN2O5S. The number of thiophene rings is 1. The summed E-state index contributed by atoms with van der Waals surface area (Å²) in [6, 6.07) is 8.94. The molecule has 1 aliphatic rings. The van der Waals surface area contributed by atoms with Gasteiger partial charge in [0.1, 0.15) is 16.0 Å². The standard InChI is InChI=1S/C24H25ClN2O5S/c1-6-31-21(29)17-14-11-12-24(13-26,15-9-7-8-10-16(15)25)19(28)18(14)33-20(17)27(5)22(30)32-23(2,3)4/h7-10H,6,11-12H2,1-5H3. The second-order valence-corrected chi connectivity index (χ2v) is 10.1. The average Bonchev–Trinajstić information content (AvgIpc) is 3.14. The number of ketones is 1. The van der Waals surface area contributed by atoms with Gasteiger partial charge in [0.15, 0.2) is 5.78 Å². The van der Waals surface area contributed by atoms with Crippen molar-refractivity contribution in [2.75, 3.05) is 18.6 Å². The van der Waals surface area contributed by atoms with E-state index >= 15 is 0 Å². The van der Waals surface area contributed by atoms with Crippen LogP contribution in [0.3, 0.4) is 0 Å². The van der Waals surface area contributed by atoms with E-state index in [9.17, 15) is 19.6 Å². The Labute approximate surface area is 201 Å². The lowest BCUT2D eigenvalue weighted by Gasteiger charge is -2.30. The summed E-state index contributed by atoms with van der Waals surface area (Å²) in [6.07, 6.45) is -0.249. The summed E-state index contributed by atoms with van der Waals surface area (Å²) in [6.45, 7) is 7.02. The number of anilines is 1. The molecule has 0 aliphatic heterocycles. The van der Waals surface area contributed by atoms with Gasteiger partial charge in [-0.1, -0.05) is 29.8 Å². The highest BCUT2D eigenvalue weighted by molar-refractivity contribution is 7.19. The van der Waals surface area contributed by atoms with Gasteiger partial charge in [-0.2, -0.15) is 5.26 Å². The Bertz CT molecular complexity index is 1160. The molecule has 3 rings (SSSR count). The Morgan fingerprint density at radius 3 is 2.55 bits per heavy atom. The molecule has 1 aromatic carbocycles. The van der Waals surface area contributed by atoms with Gasteiger partial charge in [0.25, 0.3) is 0 Å². The number of hydrogen-bond donors (Lipinski definition) is 0. The predicted octanol–water partition coefficient (Wildman–Crippen LogP) is 5.54. The third-order valence-corrected chi connectivity index (χ3v) is 6.95. The Kier molecular flexibility index (Phi) is 6.87. The monoisotopic (exact) mass is 488 g/mol. The summed E-state index contributed by atoms with van der Waals surface area (Å²) in [7, 11) is 1.48. The summed E-state index contributed by atoms with van der Waals surface area (Å²) < 4.78 is 10.7. The molecule has 7 nitrogen and oxygen atoms in total. The number of esters is 1. The molecule has 0 radical (unpaired) electrons. The van der Waals surface area contributed by atoms with Gasteiger partial charge in [0.2, 0.25) is 0 Å². The molecule has 2 aromatic rings. The van der Waals surface area contributed by atoms with E-state index in [-0.39, 0.29) is 34.9 Å². The predicted molar refractivity (Wildman–Crippen MR) is 126 cm³/mol. The zero-order chi connectivity index (χ0) is 24.6. The van der Waals surface area contributed by atoms with Gasteiger partial charge in [0.05, 0.1) is 23.1 Å². The molecular weight excluding hydrogens is 464 g/mol. The first-order valence-corrected chi connectivity index (χ1v) is 11.7. The number of amides is 1. The topological polar surface area (TPSA) is 96.7 Å². The number of carbonyl (C=O) groups excluding carboxylic acids is 3. The maximum atomic E-state index is 13.7. The summed E-state index contributed by atoms with van der Waals surface area (Å²) in [5.41, 5.74) is -1.17. The van der Waals surface area contributed by atoms with Crippen LogP contribution in [0.5, 0.6) is 0 Å². The van der Waals surface area contributed by atoms with E-state index in [0.717, 1.165) is 11.3 Å². The van der Waals surface area contributed by atoms with Crippen molar-refractivity contribution in [1.29, 1.82) is 5.26 Å². The fourth-order valence-corrected chi connectivity index (χ4v) is 5.39. The van der Waals surface area contributed by atoms with Gasteiger partial charge in [0, 0.05) is 12.1 Å². The van der Waals surface area contributed by atoms with Crippen molar-refractivity contribution in [3.63, 3.8) is 0 Å². The van der Waals surface area contributed by atoms with Crippen LogP contribution in [0.1, 0.15) is 65.3 Å². The van der Waals surface area contributed by atoms with E-state index in [1.165, 1.54) is 11.9 Å². The molecule has 0 bridgehead atoms. The Balaban J connectivity index is 2.16. The Morgan fingerprint density at radius 2 is 1.97 bits per heavy atom. The highest BCUT2D eigenvalue weighted by Gasteiger charge is 2.49. The number of nitrogens with zero attached hydrogens (tertiary/aromatic N) is 2.